The van der Waals surface area contributed by atoms with Gasteiger partial charge in [-0.25, -0.2) is 4.79 Å². The Hall–Kier alpha value is -4.66. The summed E-state index contributed by atoms with van der Waals surface area (Å²) in [6, 6.07) is 13.0. The highest BCUT2D eigenvalue weighted by Gasteiger charge is 2.28. The molecule has 16 nitrogen and oxygen atoms in total. The summed E-state index contributed by atoms with van der Waals surface area (Å²) in [6.07, 6.45) is 4.00. The van der Waals surface area contributed by atoms with Crippen molar-refractivity contribution >= 4 is 48.1 Å². The number of anilines is 2. The van der Waals surface area contributed by atoms with Gasteiger partial charge in [0.15, 0.2) is 0 Å². The lowest BCUT2D eigenvalue weighted by molar-refractivity contribution is -0.385. The smallest absolute Gasteiger partial charge is 0.341 e. The monoisotopic (exact) mass is 734 g/mol. The predicted octanol–water partition coefficient (Wildman–Crippen LogP) is 6.26. The number of nitro benzene ring substituents is 2. The highest BCUT2D eigenvalue weighted by atomic mass is 31.2. The van der Waals surface area contributed by atoms with Crippen molar-refractivity contribution in [3.63, 3.8) is 0 Å². The topological polar surface area (TPSA) is 198 Å². The van der Waals surface area contributed by atoms with Crippen LogP contribution in [-0.4, -0.2) is 86.3 Å². The molecule has 0 N–H and O–H groups in total. The van der Waals surface area contributed by atoms with Gasteiger partial charge in [0.1, 0.15) is 11.9 Å². The number of benzene rings is 2. The minimum Gasteiger partial charge on any atom is -0.466 e. The molecule has 2 aliphatic heterocycles. The van der Waals surface area contributed by atoms with Gasteiger partial charge in [0, 0.05) is 80.7 Å². The van der Waals surface area contributed by atoms with Gasteiger partial charge in [-0.3, -0.25) is 34.4 Å². The molecular formula is C34H47N4O12P. The Morgan fingerprint density at radius 1 is 0.706 bits per heavy atom. The van der Waals surface area contributed by atoms with Gasteiger partial charge in [0.05, 0.1) is 36.3 Å². The number of nitrogens with zero attached hydrogens (tertiary/aromatic N) is 4. The minimum atomic E-state index is -3.28. The van der Waals surface area contributed by atoms with E-state index >= 15 is 0 Å². The summed E-state index contributed by atoms with van der Waals surface area (Å²) < 4.78 is 31.1. The van der Waals surface area contributed by atoms with Crippen LogP contribution in [0, 0.1) is 20.2 Å². The van der Waals surface area contributed by atoms with Crippen molar-refractivity contribution in [2.24, 2.45) is 0 Å². The highest BCUT2D eigenvalue weighted by Crippen LogP contribution is 2.47. The van der Waals surface area contributed by atoms with Crippen molar-refractivity contribution in [2.75, 3.05) is 68.6 Å². The summed E-state index contributed by atoms with van der Waals surface area (Å²) in [6.45, 7) is 11.0. The van der Waals surface area contributed by atoms with Gasteiger partial charge in [0.25, 0.3) is 11.4 Å². The van der Waals surface area contributed by atoms with Gasteiger partial charge in [-0.05, 0) is 64.8 Å². The van der Waals surface area contributed by atoms with Crippen LogP contribution >= 0.6 is 7.60 Å². The van der Waals surface area contributed by atoms with Crippen molar-refractivity contribution in [3.8, 4) is 0 Å². The molecule has 51 heavy (non-hydrogen) atoms. The first-order valence-electron chi connectivity index (χ1n) is 16.7. The van der Waals surface area contributed by atoms with E-state index in [1.807, 2.05) is 0 Å². The van der Waals surface area contributed by atoms with Crippen LogP contribution < -0.4 is 9.80 Å². The van der Waals surface area contributed by atoms with E-state index in [0.717, 1.165) is 42.9 Å². The summed E-state index contributed by atoms with van der Waals surface area (Å²) in [4.78, 5) is 58.0. The number of esters is 2. The quantitative estimate of drug-likeness (QED) is 0.0734. The number of carbonyl (C=O) groups excluding carboxylic acids is 3. The largest absolute Gasteiger partial charge is 0.466 e. The third-order valence-corrected chi connectivity index (χ3v) is 9.42. The van der Waals surface area contributed by atoms with Gasteiger partial charge < -0.3 is 28.3 Å². The molecule has 0 atom stereocenters. The van der Waals surface area contributed by atoms with Gasteiger partial charge in [0.2, 0.25) is 0 Å². The lowest BCUT2D eigenvalue weighted by Crippen LogP contribution is -2.33. The molecule has 2 aromatic rings. The number of Topliss-reactive ketones (excluding diaryl/α,β-unsaturated/α-hetero) is 1. The van der Waals surface area contributed by atoms with Crippen molar-refractivity contribution < 1.29 is 47.3 Å². The van der Waals surface area contributed by atoms with E-state index in [2.05, 4.69) is 14.5 Å². The average molecular weight is 735 g/mol. The van der Waals surface area contributed by atoms with Crippen LogP contribution in [0.1, 0.15) is 53.4 Å². The molecule has 2 aliphatic rings. The fourth-order valence-corrected chi connectivity index (χ4v) is 6.47. The average Bonchev–Trinajstić information content (AvgIpc) is 3.10. The second kappa shape index (κ2) is 22.2. The standard InChI is InChI=1S/C15H18N2O4.C11H12N2O3.C8H17O5P/c1-2-21-15(18)11-12-7-9-16(10-8-12)13-3-5-14(6-4-13)17(19)20;14-11-5-7-12(8-6-11)9-1-3-10(4-2-9)13(15)16;1-4-11-8(9)7-14(10,12-5-2)13-6-3/h3-6,11H,2,7-10H2,1H3;1-4H,5-8H2;4-7H2,1-3H3. The van der Waals surface area contributed by atoms with Crippen molar-refractivity contribution in [2.45, 2.75) is 53.4 Å². The molecule has 2 fully saturated rings. The van der Waals surface area contributed by atoms with Gasteiger partial charge >= 0.3 is 19.5 Å². The Kier molecular flexibility index (Phi) is 18.5. The maximum atomic E-state index is 11.8. The number of ketones is 1. The number of hydrogen-bond donors (Lipinski definition) is 0. The Bertz CT molecular complexity index is 1500. The van der Waals surface area contributed by atoms with E-state index in [0.29, 0.717) is 32.5 Å². The van der Waals surface area contributed by atoms with Crippen molar-refractivity contribution in [1.29, 1.82) is 0 Å². The number of non-ortho nitro benzene ring substituents is 2. The molecule has 0 unspecified atom stereocenters. The molecule has 2 aromatic carbocycles. The molecule has 0 bridgehead atoms. The number of carbonyl (C=O) groups is 3. The maximum absolute atomic E-state index is 11.8. The molecule has 0 radical (unpaired) electrons. The summed E-state index contributed by atoms with van der Waals surface area (Å²) in [7, 11) is -3.28. The number of ether oxygens (including phenoxy) is 2. The van der Waals surface area contributed by atoms with E-state index in [-0.39, 0.29) is 49.1 Å². The number of nitro groups is 2. The van der Waals surface area contributed by atoms with Crippen LogP contribution in [0.25, 0.3) is 0 Å². The summed E-state index contributed by atoms with van der Waals surface area (Å²) in [5.74, 6) is -0.549. The molecule has 2 saturated heterocycles. The van der Waals surface area contributed by atoms with Gasteiger partial charge in [-0.2, -0.15) is 0 Å². The van der Waals surface area contributed by atoms with Crippen LogP contribution in [0.2, 0.25) is 0 Å². The first-order valence-corrected chi connectivity index (χ1v) is 18.5. The predicted molar refractivity (Wildman–Crippen MR) is 191 cm³/mol. The van der Waals surface area contributed by atoms with E-state index in [1.54, 1.807) is 58.0 Å². The number of hydrogen-bond acceptors (Lipinski definition) is 14. The minimum absolute atomic E-state index is 0.0943. The van der Waals surface area contributed by atoms with Crippen LogP contribution in [0.15, 0.2) is 60.2 Å². The Labute approximate surface area is 297 Å². The van der Waals surface area contributed by atoms with Crippen molar-refractivity contribution in [1.82, 2.24) is 0 Å². The first-order chi connectivity index (χ1) is 24.3. The molecule has 0 amide bonds. The summed E-state index contributed by atoms with van der Waals surface area (Å²) in [5, 5.41) is 21.1. The Morgan fingerprint density at radius 3 is 1.49 bits per heavy atom. The first kappa shape index (κ1) is 42.5. The molecule has 0 spiro atoms. The summed E-state index contributed by atoms with van der Waals surface area (Å²) >= 11 is 0. The third kappa shape index (κ3) is 15.4. The third-order valence-electron chi connectivity index (χ3n) is 7.47. The molecule has 17 heteroatoms. The lowest BCUT2D eigenvalue weighted by atomic mass is 10.0. The van der Waals surface area contributed by atoms with Crippen LogP contribution in [0.3, 0.4) is 0 Å². The SMILES string of the molecule is CCOC(=O)C=C1CCN(c2ccc([N+](=O)[O-])cc2)CC1.CCOC(=O)CP(=O)(OCC)OCC.O=C1CCN(c2ccc([N+](=O)[O-])cc2)CC1. The number of piperidine rings is 2. The lowest BCUT2D eigenvalue weighted by Gasteiger charge is -2.30. The Morgan fingerprint density at radius 2 is 1.12 bits per heavy atom. The molecule has 0 saturated carbocycles. The fraction of sp³-hybridized carbons (Fsp3) is 0.500. The second-order valence-electron chi connectivity index (χ2n) is 11.0. The second-order valence-corrected chi connectivity index (χ2v) is 13.1. The van der Waals surface area contributed by atoms with Crippen molar-refractivity contribution in [3.05, 3.63) is 80.4 Å². The zero-order valence-electron chi connectivity index (χ0n) is 29.5. The van der Waals surface area contributed by atoms with E-state index < -0.39 is 23.4 Å². The van der Waals surface area contributed by atoms with Gasteiger partial charge in [-0.1, -0.05) is 5.57 Å². The maximum Gasteiger partial charge on any atom is 0.341 e. The van der Waals surface area contributed by atoms with E-state index in [9.17, 15) is 39.2 Å². The van der Waals surface area contributed by atoms with E-state index in [4.69, 9.17) is 13.8 Å². The molecular weight excluding hydrogens is 687 g/mol. The molecule has 280 valence electrons. The van der Waals surface area contributed by atoms with Gasteiger partial charge in [-0.15, -0.1) is 0 Å². The molecule has 0 aromatic heterocycles. The highest BCUT2D eigenvalue weighted by molar-refractivity contribution is 7.54. The van der Waals surface area contributed by atoms with Crippen LogP contribution in [0.5, 0.6) is 0 Å². The van der Waals surface area contributed by atoms with Crippen LogP contribution in [-0.2, 0) is 37.5 Å². The summed E-state index contributed by atoms with van der Waals surface area (Å²) in [5.41, 5.74) is 3.19. The molecule has 4 rings (SSSR count). The molecule has 2 heterocycles. The Balaban J connectivity index is 0.000000272. The zero-order valence-corrected chi connectivity index (χ0v) is 30.4. The van der Waals surface area contributed by atoms with Crippen LogP contribution in [0.4, 0.5) is 22.7 Å². The number of rotatable bonds is 13. The molecule has 0 aliphatic carbocycles. The zero-order chi connectivity index (χ0) is 37.8. The van der Waals surface area contributed by atoms with E-state index in [1.165, 1.54) is 24.3 Å². The normalized spacial score (nSPS) is 14.3. The fourth-order valence-electron chi connectivity index (χ4n) is 5.02.